The summed E-state index contributed by atoms with van der Waals surface area (Å²) in [6.07, 6.45) is -0.771. The van der Waals surface area contributed by atoms with Crippen molar-refractivity contribution in [1.82, 2.24) is 5.32 Å². The Bertz CT molecular complexity index is 224. The molecular weight excluding hydrogens is 213 g/mol. The lowest BCUT2D eigenvalue weighted by Gasteiger charge is -2.09. The second kappa shape index (κ2) is 5.98. The summed E-state index contributed by atoms with van der Waals surface area (Å²) >= 11 is 0. The van der Waals surface area contributed by atoms with Gasteiger partial charge in [-0.25, -0.2) is 13.9 Å². The minimum Gasteiger partial charge on any atom is -0.422 e. The molecule has 0 aromatic carbocycles. The van der Waals surface area contributed by atoms with Gasteiger partial charge in [-0.05, 0) is 5.92 Å². The zero-order valence-electron chi connectivity index (χ0n) is 7.97. The van der Waals surface area contributed by atoms with Crippen LogP contribution in [0.5, 0.6) is 0 Å². The zero-order chi connectivity index (χ0) is 11.2. The van der Waals surface area contributed by atoms with E-state index in [1.807, 2.05) is 13.8 Å². The SMILES string of the molecule is CC(C)CNC(=O)OCOP(=O)(O)O. The van der Waals surface area contributed by atoms with E-state index >= 15 is 0 Å². The predicted molar refractivity (Wildman–Crippen MR) is 47.3 cm³/mol. The molecule has 0 aliphatic heterocycles. The van der Waals surface area contributed by atoms with Gasteiger partial charge in [0.2, 0.25) is 6.79 Å². The highest BCUT2D eigenvalue weighted by atomic mass is 31.2. The first-order chi connectivity index (χ1) is 6.31. The predicted octanol–water partition coefficient (Wildman–Crippen LogP) is 0.435. The molecule has 0 fully saturated rings. The van der Waals surface area contributed by atoms with E-state index in [2.05, 4.69) is 14.6 Å². The quantitative estimate of drug-likeness (QED) is 0.464. The normalized spacial score (nSPS) is 11.5. The van der Waals surface area contributed by atoms with E-state index in [9.17, 15) is 9.36 Å². The number of phosphoric ester groups is 1. The van der Waals surface area contributed by atoms with Crippen LogP contribution < -0.4 is 5.32 Å². The minimum absolute atomic E-state index is 0.269. The molecule has 0 rings (SSSR count). The van der Waals surface area contributed by atoms with Gasteiger partial charge in [-0.3, -0.25) is 0 Å². The fraction of sp³-hybridized carbons (Fsp3) is 0.833. The lowest BCUT2D eigenvalue weighted by Crippen LogP contribution is -2.28. The Balaban J connectivity index is 3.50. The number of hydrogen-bond acceptors (Lipinski definition) is 4. The largest absolute Gasteiger partial charge is 0.472 e. The first kappa shape index (κ1) is 13.4. The molecule has 0 unspecified atom stereocenters. The van der Waals surface area contributed by atoms with E-state index in [0.717, 1.165) is 0 Å². The molecule has 0 spiro atoms. The summed E-state index contributed by atoms with van der Waals surface area (Å²) in [5.41, 5.74) is 0. The molecule has 0 aliphatic rings. The van der Waals surface area contributed by atoms with Gasteiger partial charge in [0.15, 0.2) is 0 Å². The Hall–Kier alpha value is -0.620. The van der Waals surface area contributed by atoms with Crippen LogP contribution in [0.15, 0.2) is 0 Å². The first-order valence-electron chi connectivity index (χ1n) is 3.92. The van der Waals surface area contributed by atoms with Crippen molar-refractivity contribution in [1.29, 1.82) is 0 Å². The minimum atomic E-state index is -4.56. The second-order valence-electron chi connectivity index (χ2n) is 2.94. The monoisotopic (exact) mass is 227 g/mol. The maximum absolute atomic E-state index is 10.8. The van der Waals surface area contributed by atoms with Crippen molar-refractivity contribution < 1.29 is 28.4 Å². The molecule has 0 bridgehead atoms. The van der Waals surface area contributed by atoms with Gasteiger partial charge in [0, 0.05) is 6.54 Å². The lowest BCUT2D eigenvalue weighted by atomic mass is 10.2. The van der Waals surface area contributed by atoms with Crippen LogP contribution in [0.3, 0.4) is 0 Å². The van der Waals surface area contributed by atoms with Gasteiger partial charge in [0.25, 0.3) is 0 Å². The number of carbonyl (C=O) groups excluding carboxylic acids is 1. The van der Waals surface area contributed by atoms with Gasteiger partial charge < -0.3 is 19.8 Å². The third-order valence-electron chi connectivity index (χ3n) is 1.07. The molecule has 1 amide bonds. The van der Waals surface area contributed by atoms with E-state index in [-0.39, 0.29) is 5.92 Å². The Kier molecular flexibility index (Phi) is 5.71. The summed E-state index contributed by atoms with van der Waals surface area (Å²) in [5.74, 6) is 0.269. The van der Waals surface area contributed by atoms with E-state index < -0.39 is 20.7 Å². The standard InChI is InChI=1S/C6H14NO6P/c1-5(2)3-7-6(8)12-4-13-14(9,10)11/h5H,3-4H2,1-2H3,(H,7,8)(H2,9,10,11). The third kappa shape index (κ3) is 9.47. The summed E-state index contributed by atoms with van der Waals surface area (Å²) in [6, 6.07) is 0. The molecule has 0 saturated heterocycles. The summed E-state index contributed by atoms with van der Waals surface area (Å²) in [7, 11) is -4.56. The van der Waals surface area contributed by atoms with Gasteiger partial charge in [-0.1, -0.05) is 13.8 Å². The van der Waals surface area contributed by atoms with E-state index in [0.29, 0.717) is 6.54 Å². The number of rotatable bonds is 5. The summed E-state index contributed by atoms with van der Waals surface area (Å²) in [4.78, 5) is 27.2. The van der Waals surface area contributed by atoms with Gasteiger partial charge in [-0.2, -0.15) is 0 Å². The molecular formula is C6H14NO6P. The smallest absolute Gasteiger partial charge is 0.422 e. The average molecular weight is 227 g/mol. The molecule has 0 aliphatic carbocycles. The topological polar surface area (TPSA) is 105 Å². The molecule has 0 heterocycles. The number of nitrogens with one attached hydrogen (secondary N) is 1. The van der Waals surface area contributed by atoms with Crippen LogP contribution in [0.25, 0.3) is 0 Å². The number of hydrogen-bond donors (Lipinski definition) is 3. The Morgan fingerprint density at radius 3 is 2.50 bits per heavy atom. The highest BCUT2D eigenvalue weighted by Gasteiger charge is 2.14. The summed E-state index contributed by atoms with van der Waals surface area (Å²) < 4.78 is 18.3. The molecule has 7 nitrogen and oxygen atoms in total. The molecule has 3 N–H and O–H groups in total. The number of amides is 1. The van der Waals surface area contributed by atoms with E-state index in [4.69, 9.17) is 9.79 Å². The number of phosphoric acid groups is 1. The molecule has 14 heavy (non-hydrogen) atoms. The molecule has 84 valence electrons. The Morgan fingerprint density at radius 1 is 1.50 bits per heavy atom. The van der Waals surface area contributed by atoms with Gasteiger partial charge in [0.1, 0.15) is 0 Å². The van der Waals surface area contributed by atoms with Crippen molar-refractivity contribution in [3.05, 3.63) is 0 Å². The number of ether oxygens (including phenoxy) is 1. The van der Waals surface area contributed by atoms with Gasteiger partial charge in [-0.15, -0.1) is 0 Å². The molecule has 0 atom stereocenters. The van der Waals surface area contributed by atoms with Crippen molar-refractivity contribution in [3.8, 4) is 0 Å². The molecule has 0 radical (unpaired) electrons. The Morgan fingerprint density at radius 2 is 2.07 bits per heavy atom. The summed E-state index contributed by atoms with van der Waals surface area (Å²) in [5, 5.41) is 2.37. The van der Waals surface area contributed by atoms with Crippen molar-refractivity contribution in [3.63, 3.8) is 0 Å². The summed E-state index contributed by atoms with van der Waals surface area (Å²) in [6.45, 7) is 3.45. The van der Waals surface area contributed by atoms with Crippen LogP contribution in [-0.2, 0) is 13.8 Å². The third-order valence-corrected chi connectivity index (χ3v) is 1.51. The maximum atomic E-state index is 10.8. The molecule has 0 aromatic rings. The second-order valence-corrected chi connectivity index (χ2v) is 4.18. The van der Waals surface area contributed by atoms with Gasteiger partial charge >= 0.3 is 13.9 Å². The van der Waals surface area contributed by atoms with Gasteiger partial charge in [0.05, 0.1) is 0 Å². The van der Waals surface area contributed by atoms with Crippen molar-refractivity contribution in [2.45, 2.75) is 13.8 Å². The van der Waals surface area contributed by atoms with Crippen LogP contribution in [0.1, 0.15) is 13.8 Å². The van der Waals surface area contributed by atoms with E-state index in [1.165, 1.54) is 0 Å². The number of carbonyl (C=O) groups is 1. The van der Waals surface area contributed by atoms with Crippen LogP contribution in [0, 0.1) is 5.92 Å². The number of alkyl carbamates (subject to hydrolysis) is 1. The fourth-order valence-corrected chi connectivity index (χ4v) is 0.677. The van der Waals surface area contributed by atoms with Crippen LogP contribution in [-0.4, -0.2) is 29.2 Å². The highest BCUT2D eigenvalue weighted by molar-refractivity contribution is 7.46. The molecule has 8 heteroatoms. The van der Waals surface area contributed by atoms with Crippen molar-refractivity contribution in [2.75, 3.05) is 13.3 Å². The lowest BCUT2D eigenvalue weighted by molar-refractivity contribution is 0.0395. The average Bonchev–Trinajstić information content (AvgIpc) is 1.98. The van der Waals surface area contributed by atoms with Crippen LogP contribution >= 0.6 is 7.82 Å². The van der Waals surface area contributed by atoms with Crippen molar-refractivity contribution >= 4 is 13.9 Å². The van der Waals surface area contributed by atoms with Crippen LogP contribution in [0.2, 0.25) is 0 Å². The fourth-order valence-electron chi connectivity index (χ4n) is 0.487. The maximum Gasteiger partial charge on any atom is 0.472 e. The Labute approximate surface area is 81.6 Å². The molecule has 0 aromatic heterocycles. The zero-order valence-corrected chi connectivity index (χ0v) is 8.86. The highest BCUT2D eigenvalue weighted by Crippen LogP contribution is 2.35. The van der Waals surface area contributed by atoms with Crippen LogP contribution in [0.4, 0.5) is 4.79 Å². The first-order valence-corrected chi connectivity index (χ1v) is 5.45. The van der Waals surface area contributed by atoms with E-state index in [1.54, 1.807) is 0 Å². The van der Waals surface area contributed by atoms with Crippen molar-refractivity contribution in [2.24, 2.45) is 5.92 Å². The molecule has 0 saturated carbocycles.